The fourth-order valence-corrected chi connectivity index (χ4v) is 0.859. The summed E-state index contributed by atoms with van der Waals surface area (Å²) < 4.78 is 4.94. The summed E-state index contributed by atoms with van der Waals surface area (Å²) in [6.45, 7) is 7.78. The zero-order chi connectivity index (χ0) is 8.36. The summed E-state index contributed by atoms with van der Waals surface area (Å²) in [7, 11) is 0. The second-order valence-electron chi connectivity index (χ2n) is 2.75. The van der Waals surface area contributed by atoms with Crippen molar-refractivity contribution < 1.29 is 4.74 Å². The van der Waals surface area contributed by atoms with E-state index >= 15 is 0 Å². The van der Waals surface area contributed by atoms with Crippen molar-refractivity contribution in [1.29, 1.82) is 0 Å². The number of rotatable bonds is 3. The van der Waals surface area contributed by atoms with Crippen LogP contribution < -0.4 is 0 Å². The Kier molecular flexibility index (Phi) is 9.44. The molecule has 0 N–H and O–H groups in total. The lowest BCUT2D eigenvalue weighted by Gasteiger charge is -1.81. The lowest BCUT2D eigenvalue weighted by molar-refractivity contribution is 0.198. The van der Waals surface area contributed by atoms with Crippen molar-refractivity contribution in [3.63, 3.8) is 0 Å². The molecule has 0 spiro atoms. The molecule has 1 nitrogen and oxygen atoms in total. The SMILES string of the molecule is C1CCOC1.C=CCCCC. The Labute approximate surface area is 70.4 Å². The highest BCUT2D eigenvalue weighted by molar-refractivity contribution is 4.64. The number of hydrogen-bond acceptors (Lipinski definition) is 1. The fourth-order valence-electron chi connectivity index (χ4n) is 0.859. The minimum Gasteiger partial charge on any atom is -0.381 e. The Morgan fingerprint density at radius 3 is 2.18 bits per heavy atom. The van der Waals surface area contributed by atoms with Crippen molar-refractivity contribution in [2.45, 2.75) is 39.0 Å². The molecule has 1 aliphatic rings. The molecule has 1 rings (SSSR count). The minimum atomic E-state index is 1.00. The predicted octanol–water partition coefficient (Wildman–Crippen LogP) is 3.16. The van der Waals surface area contributed by atoms with E-state index in [9.17, 15) is 0 Å². The predicted molar refractivity (Wildman–Crippen MR) is 49.8 cm³/mol. The maximum Gasteiger partial charge on any atom is 0.0466 e. The molecule has 66 valence electrons. The van der Waals surface area contributed by atoms with Crippen LogP contribution in [0.3, 0.4) is 0 Å². The molecule has 11 heavy (non-hydrogen) atoms. The summed E-state index contributed by atoms with van der Waals surface area (Å²) in [5, 5.41) is 0. The Balaban J connectivity index is 0.000000183. The van der Waals surface area contributed by atoms with Crippen LogP contribution in [0, 0.1) is 0 Å². The Hall–Kier alpha value is -0.300. The summed E-state index contributed by atoms with van der Waals surface area (Å²) in [6, 6.07) is 0. The van der Waals surface area contributed by atoms with Gasteiger partial charge in [0, 0.05) is 13.2 Å². The molecule has 0 atom stereocenters. The first-order valence-corrected chi connectivity index (χ1v) is 4.60. The van der Waals surface area contributed by atoms with Gasteiger partial charge in [0.05, 0.1) is 0 Å². The van der Waals surface area contributed by atoms with Gasteiger partial charge in [-0.05, 0) is 19.3 Å². The first-order chi connectivity index (χ1) is 5.41. The summed E-state index contributed by atoms with van der Waals surface area (Å²) in [5.41, 5.74) is 0. The average Bonchev–Trinajstić information content (AvgIpc) is 2.57. The third kappa shape index (κ3) is 9.70. The van der Waals surface area contributed by atoms with E-state index in [1.807, 2.05) is 6.08 Å². The maximum absolute atomic E-state index is 4.94. The van der Waals surface area contributed by atoms with Crippen LogP contribution in [0.25, 0.3) is 0 Å². The smallest absolute Gasteiger partial charge is 0.0466 e. The molecule has 1 aliphatic heterocycles. The molecule has 1 heterocycles. The summed E-state index contributed by atoms with van der Waals surface area (Å²) >= 11 is 0. The number of allylic oxidation sites excluding steroid dienone is 1. The van der Waals surface area contributed by atoms with Crippen LogP contribution in [0.2, 0.25) is 0 Å². The topological polar surface area (TPSA) is 9.23 Å². The average molecular weight is 156 g/mol. The van der Waals surface area contributed by atoms with Crippen molar-refractivity contribution in [3.05, 3.63) is 12.7 Å². The first-order valence-electron chi connectivity index (χ1n) is 4.60. The maximum atomic E-state index is 4.94. The van der Waals surface area contributed by atoms with Gasteiger partial charge in [0.15, 0.2) is 0 Å². The highest BCUT2D eigenvalue weighted by Crippen LogP contribution is 1.98. The van der Waals surface area contributed by atoms with Gasteiger partial charge in [0.25, 0.3) is 0 Å². The van der Waals surface area contributed by atoms with E-state index in [-0.39, 0.29) is 0 Å². The van der Waals surface area contributed by atoms with Gasteiger partial charge in [-0.2, -0.15) is 0 Å². The normalized spacial score (nSPS) is 15.4. The van der Waals surface area contributed by atoms with Crippen molar-refractivity contribution in [1.82, 2.24) is 0 Å². The molecule has 0 radical (unpaired) electrons. The molecule has 0 amide bonds. The minimum absolute atomic E-state index is 1.00. The zero-order valence-electron chi connectivity index (χ0n) is 7.64. The molecule has 0 unspecified atom stereocenters. The van der Waals surface area contributed by atoms with E-state index in [1.54, 1.807) is 0 Å². The van der Waals surface area contributed by atoms with Crippen LogP contribution in [-0.2, 0) is 4.74 Å². The summed E-state index contributed by atoms with van der Waals surface area (Å²) in [5.74, 6) is 0. The second-order valence-corrected chi connectivity index (χ2v) is 2.75. The second kappa shape index (κ2) is 9.70. The third-order valence-electron chi connectivity index (χ3n) is 1.59. The van der Waals surface area contributed by atoms with Gasteiger partial charge in [-0.1, -0.05) is 25.8 Å². The van der Waals surface area contributed by atoms with E-state index in [1.165, 1.54) is 32.1 Å². The van der Waals surface area contributed by atoms with Crippen molar-refractivity contribution in [2.24, 2.45) is 0 Å². The largest absolute Gasteiger partial charge is 0.381 e. The molecule has 0 saturated carbocycles. The molecule has 1 fully saturated rings. The van der Waals surface area contributed by atoms with Gasteiger partial charge in [0.2, 0.25) is 0 Å². The monoisotopic (exact) mass is 156 g/mol. The molecule has 0 aromatic heterocycles. The molecular formula is C10H20O. The van der Waals surface area contributed by atoms with E-state index in [0.717, 1.165) is 13.2 Å². The number of unbranched alkanes of at least 4 members (excludes halogenated alkanes) is 2. The molecule has 1 saturated heterocycles. The first kappa shape index (κ1) is 10.7. The van der Waals surface area contributed by atoms with Crippen LogP contribution in [0.1, 0.15) is 39.0 Å². The van der Waals surface area contributed by atoms with Gasteiger partial charge in [-0.25, -0.2) is 0 Å². The van der Waals surface area contributed by atoms with Crippen LogP contribution in [0.5, 0.6) is 0 Å². The van der Waals surface area contributed by atoms with Gasteiger partial charge >= 0.3 is 0 Å². The van der Waals surface area contributed by atoms with Gasteiger partial charge in [-0.3, -0.25) is 0 Å². The fraction of sp³-hybridized carbons (Fsp3) is 0.800. The van der Waals surface area contributed by atoms with E-state index in [0.29, 0.717) is 0 Å². The summed E-state index contributed by atoms with van der Waals surface area (Å²) in [4.78, 5) is 0. The van der Waals surface area contributed by atoms with Crippen LogP contribution in [0.15, 0.2) is 12.7 Å². The third-order valence-corrected chi connectivity index (χ3v) is 1.59. The lowest BCUT2D eigenvalue weighted by Crippen LogP contribution is -1.74. The molecule has 0 aromatic rings. The standard InChI is InChI=1S/C6H12.C4H8O/c1-3-5-6-4-2;1-2-4-5-3-1/h3H,1,4-6H2,2H3;1-4H2. The molecule has 1 heteroatoms. The Morgan fingerprint density at radius 2 is 2.00 bits per heavy atom. The van der Waals surface area contributed by atoms with Gasteiger partial charge in [0.1, 0.15) is 0 Å². The molecule has 0 aliphatic carbocycles. The van der Waals surface area contributed by atoms with Crippen molar-refractivity contribution in [3.8, 4) is 0 Å². The molecule has 0 bridgehead atoms. The molecule has 0 aromatic carbocycles. The van der Waals surface area contributed by atoms with Gasteiger partial charge < -0.3 is 4.74 Å². The Morgan fingerprint density at radius 1 is 1.36 bits per heavy atom. The summed E-state index contributed by atoms with van der Waals surface area (Å²) in [6.07, 6.45) is 8.27. The highest BCUT2D eigenvalue weighted by atomic mass is 16.5. The van der Waals surface area contributed by atoms with E-state index in [2.05, 4.69) is 13.5 Å². The van der Waals surface area contributed by atoms with Crippen LogP contribution in [0.4, 0.5) is 0 Å². The van der Waals surface area contributed by atoms with E-state index < -0.39 is 0 Å². The van der Waals surface area contributed by atoms with E-state index in [4.69, 9.17) is 4.74 Å². The van der Waals surface area contributed by atoms with Gasteiger partial charge in [-0.15, -0.1) is 6.58 Å². The Bertz CT molecular complexity index is 67.3. The van der Waals surface area contributed by atoms with Crippen LogP contribution >= 0.6 is 0 Å². The number of ether oxygens (including phenoxy) is 1. The molecular weight excluding hydrogens is 136 g/mol. The quantitative estimate of drug-likeness (QED) is 0.450. The zero-order valence-corrected chi connectivity index (χ0v) is 7.64. The van der Waals surface area contributed by atoms with Crippen molar-refractivity contribution >= 4 is 0 Å². The lowest BCUT2D eigenvalue weighted by atomic mass is 10.3. The number of hydrogen-bond donors (Lipinski definition) is 0. The van der Waals surface area contributed by atoms with Crippen molar-refractivity contribution in [2.75, 3.05) is 13.2 Å². The highest BCUT2D eigenvalue weighted by Gasteiger charge is 1.94. The van der Waals surface area contributed by atoms with Crippen LogP contribution in [-0.4, -0.2) is 13.2 Å².